The molecule has 0 bridgehead atoms. The zero-order chi connectivity index (χ0) is 14.5. The quantitative estimate of drug-likeness (QED) is 0.425. The van der Waals surface area contributed by atoms with Gasteiger partial charge in [-0.2, -0.15) is 0 Å². The summed E-state index contributed by atoms with van der Waals surface area (Å²) in [6.07, 6.45) is 9.84. The number of carbonyl (C=O) groups is 2. The molecule has 0 saturated heterocycles. The number of carbonyl (C=O) groups excluding carboxylic acids is 2. The Labute approximate surface area is 118 Å². The van der Waals surface area contributed by atoms with Gasteiger partial charge in [0.1, 0.15) is 23.7 Å². The summed E-state index contributed by atoms with van der Waals surface area (Å²) in [6.45, 7) is 0. The predicted octanol–water partition coefficient (Wildman–Crippen LogP) is 2.71. The van der Waals surface area contributed by atoms with Crippen molar-refractivity contribution in [2.45, 2.75) is 75.3 Å². The molecule has 0 radical (unpaired) electrons. The van der Waals surface area contributed by atoms with Crippen LogP contribution in [0.3, 0.4) is 0 Å². The van der Waals surface area contributed by atoms with Crippen molar-refractivity contribution in [3.8, 4) is 0 Å². The van der Waals surface area contributed by atoms with Crippen LogP contribution < -0.4 is 0 Å². The zero-order valence-corrected chi connectivity index (χ0v) is 11.8. The minimum atomic E-state index is -0.885. The van der Waals surface area contributed by atoms with Crippen molar-refractivity contribution < 1.29 is 14.5 Å². The Morgan fingerprint density at radius 1 is 0.800 bits per heavy atom. The molecule has 0 unspecified atom stereocenters. The van der Waals surface area contributed by atoms with E-state index >= 15 is 0 Å². The fourth-order valence-electron chi connectivity index (χ4n) is 3.71. The van der Waals surface area contributed by atoms with Gasteiger partial charge in [0, 0.05) is 0 Å². The predicted molar refractivity (Wildman–Crippen MR) is 72.5 cm³/mol. The zero-order valence-electron chi connectivity index (χ0n) is 11.8. The van der Waals surface area contributed by atoms with Crippen LogP contribution in [0.2, 0.25) is 0 Å². The van der Waals surface area contributed by atoms with Gasteiger partial charge < -0.3 is 9.59 Å². The van der Waals surface area contributed by atoms with Crippen molar-refractivity contribution in [3.05, 3.63) is 4.91 Å². The Bertz CT molecular complexity index is 330. The van der Waals surface area contributed by atoms with Crippen LogP contribution in [0.5, 0.6) is 0 Å². The second-order valence-corrected chi connectivity index (χ2v) is 6.01. The van der Waals surface area contributed by atoms with Gasteiger partial charge in [-0.1, -0.05) is 43.6 Å². The smallest absolute Gasteiger partial charge is 0.176 e. The molecule has 0 aromatic heterocycles. The van der Waals surface area contributed by atoms with E-state index in [0.29, 0.717) is 25.7 Å². The molecule has 0 amide bonds. The molecular formula is C14H22N2O4. The molecular weight excluding hydrogens is 260 g/mol. The number of aldehydes is 2. The lowest BCUT2D eigenvalue weighted by molar-refractivity contribution is -0.274. The van der Waals surface area contributed by atoms with Crippen molar-refractivity contribution in [3.63, 3.8) is 0 Å². The fourth-order valence-corrected chi connectivity index (χ4v) is 3.71. The first-order valence-corrected chi connectivity index (χ1v) is 7.46. The second kappa shape index (κ2) is 6.43. The lowest BCUT2D eigenvalue weighted by Crippen LogP contribution is -2.63. The fraction of sp³-hybridized carbons (Fsp3) is 0.857. The van der Waals surface area contributed by atoms with Gasteiger partial charge in [0.25, 0.3) is 0 Å². The van der Waals surface area contributed by atoms with Gasteiger partial charge in [-0.15, -0.1) is 4.91 Å². The molecule has 2 fully saturated rings. The minimum absolute atomic E-state index is 0.613. The van der Waals surface area contributed by atoms with E-state index in [1.165, 1.54) is 5.06 Å². The first-order chi connectivity index (χ1) is 9.73. The van der Waals surface area contributed by atoms with E-state index in [1.54, 1.807) is 0 Å². The van der Waals surface area contributed by atoms with Gasteiger partial charge in [0.15, 0.2) is 5.34 Å². The van der Waals surface area contributed by atoms with E-state index in [4.69, 9.17) is 4.94 Å². The van der Waals surface area contributed by atoms with E-state index in [-0.39, 0.29) is 0 Å². The average Bonchev–Trinajstić information content (AvgIpc) is 2.54. The third-order valence-electron chi connectivity index (χ3n) is 4.80. The van der Waals surface area contributed by atoms with Crippen LogP contribution in [0.15, 0.2) is 5.34 Å². The molecule has 6 heteroatoms. The van der Waals surface area contributed by atoms with Crippen molar-refractivity contribution in [2.24, 2.45) is 5.34 Å². The molecule has 0 aromatic rings. The summed E-state index contributed by atoms with van der Waals surface area (Å²) in [6, 6.07) is 0. The van der Waals surface area contributed by atoms with Gasteiger partial charge in [-0.3, -0.25) is 4.94 Å². The summed E-state index contributed by atoms with van der Waals surface area (Å²) < 4.78 is 0. The van der Waals surface area contributed by atoms with Crippen LogP contribution in [0.25, 0.3) is 0 Å². The maximum absolute atomic E-state index is 11.7. The first kappa shape index (κ1) is 15.1. The third-order valence-corrected chi connectivity index (χ3v) is 4.80. The molecule has 0 N–H and O–H groups in total. The molecule has 0 spiro atoms. The van der Waals surface area contributed by atoms with Crippen LogP contribution in [0.1, 0.15) is 64.2 Å². The van der Waals surface area contributed by atoms with Gasteiger partial charge in [-0.25, -0.2) is 0 Å². The molecule has 0 heterocycles. The summed E-state index contributed by atoms with van der Waals surface area (Å²) in [4.78, 5) is 39.1. The summed E-state index contributed by atoms with van der Waals surface area (Å²) in [5.41, 5.74) is -1.77. The molecule has 20 heavy (non-hydrogen) atoms. The van der Waals surface area contributed by atoms with Crippen molar-refractivity contribution in [1.82, 2.24) is 5.06 Å². The summed E-state index contributed by atoms with van der Waals surface area (Å²) >= 11 is 0. The summed E-state index contributed by atoms with van der Waals surface area (Å²) in [5.74, 6) is 0. The Morgan fingerprint density at radius 3 is 1.50 bits per heavy atom. The molecule has 2 aliphatic carbocycles. The minimum Gasteiger partial charge on any atom is -0.301 e. The molecule has 6 nitrogen and oxygen atoms in total. The largest absolute Gasteiger partial charge is 0.301 e. The van der Waals surface area contributed by atoms with Crippen LogP contribution in [0.4, 0.5) is 0 Å². The van der Waals surface area contributed by atoms with Crippen LogP contribution in [-0.4, -0.2) is 28.7 Å². The number of hydrogen-bond acceptors (Lipinski definition) is 6. The van der Waals surface area contributed by atoms with Crippen molar-refractivity contribution in [2.75, 3.05) is 0 Å². The van der Waals surface area contributed by atoms with Gasteiger partial charge in [0.05, 0.1) is 0 Å². The van der Waals surface area contributed by atoms with E-state index < -0.39 is 11.1 Å². The van der Waals surface area contributed by atoms with Crippen molar-refractivity contribution >= 4 is 12.6 Å². The highest BCUT2D eigenvalue weighted by molar-refractivity contribution is 5.69. The highest BCUT2D eigenvalue weighted by atomic mass is 16.9. The van der Waals surface area contributed by atoms with E-state index in [9.17, 15) is 14.5 Å². The van der Waals surface area contributed by atoms with E-state index in [1.807, 2.05) is 0 Å². The molecule has 0 aromatic carbocycles. The summed E-state index contributed by atoms with van der Waals surface area (Å²) in [5, 5.41) is 3.87. The van der Waals surface area contributed by atoms with Gasteiger partial charge in [0.2, 0.25) is 0 Å². The number of hydroxylamine groups is 2. The standard InChI is InChI=1S/C14H22N2O4/c17-11-13(7-3-1-4-8-13)16(20-15-19)14(12-18)9-5-2-6-10-14/h11-12H,1-10H2. The van der Waals surface area contributed by atoms with Gasteiger partial charge >= 0.3 is 0 Å². The molecule has 2 aliphatic rings. The average molecular weight is 282 g/mol. The topological polar surface area (TPSA) is 76.0 Å². The van der Waals surface area contributed by atoms with E-state index in [2.05, 4.69) is 5.34 Å². The second-order valence-electron chi connectivity index (χ2n) is 6.01. The lowest BCUT2D eigenvalue weighted by Gasteiger charge is -2.48. The van der Waals surface area contributed by atoms with Crippen LogP contribution >= 0.6 is 0 Å². The molecule has 2 rings (SSSR count). The maximum Gasteiger partial charge on any atom is 0.176 e. The molecule has 0 aliphatic heterocycles. The third kappa shape index (κ3) is 2.61. The van der Waals surface area contributed by atoms with E-state index in [0.717, 1.165) is 51.1 Å². The normalized spacial score (nSPS) is 24.9. The number of hydrogen-bond donors (Lipinski definition) is 0. The molecule has 0 atom stereocenters. The molecule has 2 saturated carbocycles. The maximum atomic E-state index is 11.7. The monoisotopic (exact) mass is 282 g/mol. The Kier molecular flexibility index (Phi) is 4.86. The Balaban J connectivity index is 2.34. The first-order valence-electron chi connectivity index (χ1n) is 7.46. The number of nitrogens with zero attached hydrogens (tertiary/aromatic N) is 2. The Hall–Kier alpha value is -1.30. The Morgan fingerprint density at radius 2 is 1.20 bits per heavy atom. The number of rotatable bonds is 6. The van der Waals surface area contributed by atoms with Crippen LogP contribution in [-0.2, 0) is 14.5 Å². The summed E-state index contributed by atoms with van der Waals surface area (Å²) in [7, 11) is 0. The SMILES string of the molecule is O=CC1(N(ON=O)C2(C=O)CCCCC2)CCCCC1. The highest BCUT2D eigenvalue weighted by Crippen LogP contribution is 2.42. The van der Waals surface area contributed by atoms with Crippen molar-refractivity contribution in [1.29, 1.82) is 0 Å². The highest BCUT2D eigenvalue weighted by Gasteiger charge is 2.52. The molecule has 112 valence electrons. The lowest BCUT2D eigenvalue weighted by atomic mass is 9.76. The van der Waals surface area contributed by atoms with Gasteiger partial charge in [-0.05, 0) is 25.7 Å². The van der Waals surface area contributed by atoms with Crippen LogP contribution in [0, 0.1) is 4.91 Å².